The molecule has 0 heterocycles. The van der Waals surface area contributed by atoms with Gasteiger partial charge in [0.2, 0.25) is 5.91 Å². The Hall–Kier alpha value is -1.26. The lowest BCUT2D eigenvalue weighted by atomic mass is 10.0. The van der Waals surface area contributed by atoms with E-state index in [-0.39, 0.29) is 12.5 Å². The Bertz CT molecular complexity index is 340. The molecule has 0 saturated heterocycles. The van der Waals surface area contributed by atoms with E-state index in [1.165, 1.54) is 12.8 Å². The third-order valence-electron chi connectivity index (χ3n) is 3.67. The van der Waals surface area contributed by atoms with Gasteiger partial charge in [-0.2, -0.15) is 0 Å². The number of rotatable bonds is 9. The van der Waals surface area contributed by atoms with E-state index < -0.39 is 0 Å². The van der Waals surface area contributed by atoms with Crippen LogP contribution in [0.15, 0.2) is 4.99 Å². The van der Waals surface area contributed by atoms with Crippen molar-refractivity contribution in [3.63, 3.8) is 0 Å². The zero-order valence-corrected chi connectivity index (χ0v) is 15.6. The summed E-state index contributed by atoms with van der Waals surface area (Å²) in [5.74, 6) is 1.50. The molecule has 1 amide bonds. The van der Waals surface area contributed by atoms with Gasteiger partial charge in [0.1, 0.15) is 6.54 Å². The number of aliphatic imine (C=N–C) groups is 1. The van der Waals surface area contributed by atoms with Crippen molar-refractivity contribution in [2.45, 2.75) is 72.4 Å². The molecule has 2 atom stereocenters. The van der Waals surface area contributed by atoms with Crippen LogP contribution in [0.1, 0.15) is 60.3 Å². The number of hydrogen-bond donors (Lipinski definition) is 2. The minimum Gasteiger partial charge on any atom is -0.354 e. The molecule has 0 aliphatic heterocycles. The van der Waals surface area contributed by atoms with Crippen molar-refractivity contribution in [1.29, 1.82) is 0 Å². The van der Waals surface area contributed by atoms with Gasteiger partial charge in [0.15, 0.2) is 5.96 Å². The molecule has 5 heteroatoms. The molecule has 0 aliphatic carbocycles. The molecule has 0 fully saturated rings. The van der Waals surface area contributed by atoms with Gasteiger partial charge in [-0.1, -0.05) is 33.6 Å². The van der Waals surface area contributed by atoms with E-state index in [4.69, 9.17) is 0 Å². The molecule has 0 radical (unpaired) electrons. The minimum absolute atomic E-state index is 0.0118. The van der Waals surface area contributed by atoms with Gasteiger partial charge in [0.25, 0.3) is 0 Å². The highest BCUT2D eigenvalue weighted by Gasteiger charge is 2.10. The van der Waals surface area contributed by atoms with Crippen molar-refractivity contribution >= 4 is 11.9 Å². The number of carbonyl (C=O) groups excluding carboxylic acids is 1. The first-order valence-corrected chi connectivity index (χ1v) is 8.53. The fourth-order valence-corrected chi connectivity index (χ4v) is 1.89. The van der Waals surface area contributed by atoms with Crippen molar-refractivity contribution in [3.8, 4) is 0 Å². The Morgan fingerprint density at radius 3 is 2.14 bits per heavy atom. The van der Waals surface area contributed by atoms with Crippen molar-refractivity contribution in [2.24, 2.45) is 10.9 Å². The molecular weight excluding hydrogens is 276 g/mol. The minimum atomic E-state index is 0.0118. The maximum absolute atomic E-state index is 11.7. The summed E-state index contributed by atoms with van der Waals surface area (Å²) in [6.45, 7) is 11.1. The lowest BCUT2D eigenvalue weighted by Gasteiger charge is -2.21. The Kier molecular flexibility index (Phi) is 10.7. The zero-order valence-electron chi connectivity index (χ0n) is 15.6. The average Bonchev–Trinajstić information content (AvgIpc) is 2.43. The zero-order chi connectivity index (χ0) is 17.1. The van der Waals surface area contributed by atoms with Gasteiger partial charge in [-0.3, -0.25) is 4.79 Å². The fourth-order valence-electron chi connectivity index (χ4n) is 1.89. The van der Waals surface area contributed by atoms with Crippen molar-refractivity contribution < 1.29 is 4.79 Å². The molecule has 0 aromatic heterocycles. The monoisotopic (exact) mass is 312 g/mol. The van der Waals surface area contributed by atoms with Gasteiger partial charge in [0, 0.05) is 26.2 Å². The highest BCUT2D eigenvalue weighted by atomic mass is 16.2. The van der Waals surface area contributed by atoms with Crippen LogP contribution in [-0.2, 0) is 4.79 Å². The second-order valence-corrected chi connectivity index (χ2v) is 6.78. The summed E-state index contributed by atoms with van der Waals surface area (Å²) in [4.78, 5) is 17.7. The predicted molar refractivity (Wildman–Crippen MR) is 95.2 cm³/mol. The first-order valence-electron chi connectivity index (χ1n) is 8.53. The summed E-state index contributed by atoms with van der Waals surface area (Å²) in [5.41, 5.74) is 0. The highest BCUT2D eigenvalue weighted by Crippen LogP contribution is 2.08. The summed E-state index contributed by atoms with van der Waals surface area (Å²) in [6.07, 6.45) is 4.58. The van der Waals surface area contributed by atoms with Crippen molar-refractivity contribution in [1.82, 2.24) is 15.5 Å². The van der Waals surface area contributed by atoms with Gasteiger partial charge < -0.3 is 15.5 Å². The number of nitrogens with zero attached hydrogens (tertiary/aromatic N) is 2. The first-order chi connectivity index (χ1) is 10.3. The van der Waals surface area contributed by atoms with Gasteiger partial charge in [-0.05, 0) is 32.6 Å². The number of nitrogens with one attached hydrogen (secondary N) is 2. The molecule has 130 valence electrons. The number of amides is 1. The molecule has 0 aromatic rings. The summed E-state index contributed by atoms with van der Waals surface area (Å²) < 4.78 is 0. The first kappa shape index (κ1) is 20.7. The Morgan fingerprint density at radius 1 is 1.05 bits per heavy atom. The molecule has 22 heavy (non-hydrogen) atoms. The van der Waals surface area contributed by atoms with Crippen LogP contribution in [0.3, 0.4) is 0 Å². The van der Waals surface area contributed by atoms with Crippen LogP contribution < -0.4 is 10.6 Å². The molecule has 0 spiro atoms. The molecule has 0 aromatic carbocycles. The molecule has 0 rings (SSSR count). The number of likely N-dealkylation sites (N-methyl/N-ethyl adjacent to an activating group) is 1. The van der Waals surface area contributed by atoms with Gasteiger partial charge in [-0.25, -0.2) is 4.99 Å². The molecule has 0 aliphatic rings. The molecule has 0 bridgehead atoms. The van der Waals surface area contributed by atoms with Crippen molar-refractivity contribution in [3.05, 3.63) is 0 Å². The van der Waals surface area contributed by atoms with E-state index in [9.17, 15) is 4.79 Å². The summed E-state index contributed by atoms with van der Waals surface area (Å²) in [6, 6.07) is 0.687. The van der Waals surface area contributed by atoms with Crippen LogP contribution in [0.25, 0.3) is 0 Å². The fraction of sp³-hybridized carbons (Fsp3) is 0.882. The van der Waals surface area contributed by atoms with E-state index in [0.717, 1.165) is 24.7 Å². The average molecular weight is 313 g/mol. The molecule has 0 saturated carbocycles. The second-order valence-electron chi connectivity index (χ2n) is 6.78. The quantitative estimate of drug-likeness (QED) is 0.508. The second kappa shape index (κ2) is 11.3. The number of guanidine groups is 1. The number of hydrogen-bond acceptors (Lipinski definition) is 2. The molecular formula is C17H36N4O. The van der Waals surface area contributed by atoms with Crippen LogP contribution in [-0.4, -0.2) is 49.5 Å². The predicted octanol–water partition coefficient (Wildman–Crippen LogP) is 2.62. The molecule has 5 nitrogen and oxygen atoms in total. The van der Waals surface area contributed by atoms with Crippen LogP contribution in [0.4, 0.5) is 0 Å². The Morgan fingerprint density at radius 2 is 1.64 bits per heavy atom. The lowest BCUT2D eigenvalue weighted by Crippen LogP contribution is -2.46. The highest BCUT2D eigenvalue weighted by molar-refractivity contribution is 5.85. The summed E-state index contributed by atoms with van der Waals surface area (Å²) in [5, 5.41) is 6.78. The topological polar surface area (TPSA) is 56.7 Å². The largest absolute Gasteiger partial charge is 0.354 e. The van der Waals surface area contributed by atoms with Crippen LogP contribution in [0, 0.1) is 5.92 Å². The maximum Gasteiger partial charge on any atom is 0.243 e. The van der Waals surface area contributed by atoms with E-state index in [1.807, 2.05) is 0 Å². The maximum atomic E-state index is 11.7. The summed E-state index contributed by atoms with van der Waals surface area (Å²) in [7, 11) is 3.50. The van der Waals surface area contributed by atoms with Crippen LogP contribution in [0.5, 0.6) is 0 Å². The van der Waals surface area contributed by atoms with E-state index in [1.54, 1.807) is 19.0 Å². The third-order valence-corrected chi connectivity index (χ3v) is 3.67. The molecule has 2 N–H and O–H groups in total. The van der Waals surface area contributed by atoms with E-state index in [0.29, 0.717) is 12.1 Å². The standard InChI is InChI=1S/C17H36N4O/c1-8-14(4)19-17(18-12-16(22)21(6)7)20-15(5)11-9-10-13(2)3/h13-15H,8-12H2,1-7H3,(H2,18,19,20). The smallest absolute Gasteiger partial charge is 0.243 e. The summed E-state index contributed by atoms with van der Waals surface area (Å²) >= 11 is 0. The van der Waals surface area contributed by atoms with Gasteiger partial charge >= 0.3 is 0 Å². The van der Waals surface area contributed by atoms with Gasteiger partial charge in [-0.15, -0.1) is 0 Å². The lowest BCUT2D eigenvalue weighted by molar-refractivity contribution is -0.127. The van der Waals surface area contributed by atoms with Crippen LogP contribution >= 0.6 is 0 Å². The van der Waals surface area contributed by atoms with Crippen LogP contribution in [0.2, 0.25) is 0 Å². The third kappa shape index (κ3) is 10.5. The Labute approximate surface area is 136 Å². The van der Waals surface area contributed by atoms with Crippen molar-refractivity contribution in [2.75, 3.05) is 20.6 Å². The Balaban J connectivity index is 4.51. The van der Waals surface area contributed by atoms with E-state index >= 15 is 0 Å². The SMILES string of the molecule is CCC(C)NC(=NCC(=O)N(C)C)NC(C)CCCC(C)C. The van der Waals surface area contributed by atoms with E-state index in [2.05, 4.69) is 50.2 Å². The molecule has 2 unspecified atom stereocenters. The normalized spacial score (nSPS) is 14.6. The number of carbonyl (C=O) groups is 1. The van der Waals surface area contributed by atoms with Gasteiger partial charge in [0.05, 0.1) is 0 Å².